The summed E-state index contributed by atoms with van der Waals surface area (Å²) in [6, 6.07) is 13.0. The van der Waals surface area contributed by atoms with Crippen LogP contribution in [0.4, 0.5) is 13.2 Å². The summed E-state index contributed by atoms with van der Waals surface area (Å²) >= 11 is 0. The zero-order valence-corrected chi connectivity index (χ0v) is 10.3. The Morgan fingerprint density at radius 1 is 0.842 bits per heavy atom. The third kappa shape index (κ3) is 3.62. The molecule has 0 nitrogen and oxygen atoms in total. The summed E-state index contributed by atoms with van der Waals surface area (Å²) in [6.07, 6.45) is -4.34. The quantitative estimate of drug-likeness (QED) is 0.615. The van der Waals surface area contributed by atoms with E-state index < -0.39 is 11.7 Å². The highest BCUT2D eigenvalue weighted by molar-refractivity contribution is 5.45. The van der Waals surface area contributed by atoms with Gasteiger partial charge in [-0.25, -0.2) is 0 Å². The van der Waals surface area contributed by atoms with Gasteiger partial charge in [0.15, 0.2) is 0 Å². The highest BCUT2D eigenvalue weighted by Gasteiger charge is 2.30. The van der Waals surface area contributed by atoms with Crippen molar-refractivity contribution in [2.75, 3.05) is 0 Å². The molecule has 0 bridgehead atoms. The molecule has 0 N–H and O–H groups in total. The maximum atomic E-state index is 12.7. The molecule has 0 amide bonds. The van der Waals surface area contributed by atoms with Gasteiger partial charge in [0.25, 0.3) is 0 Å². The molecule has 19 heavy (non-hydrogen) atoms. The first kappa shape index (κ1) is 13.2. The fourth-order valence-electron chi connectivity index (χ4n) is 1.68. The van der Waals surface area contributed by atoms with E-state index in [9.17, 15) is 13.2 Å². The van der Waals surface area contributed by atoms with E-state index in [4.69, 9.17) is 0 Å². The second-order valence-corrected chi connectivity index (χ2v) is 4.20. The second-order valence-electron chi connectivity index (χ2n) is 4.20. The van der Waals surface area contributed by atoms with Crippen molar-refractivity contribution in [3.05, 3.63) is 70.8 Å². The van der Waals surface area contributed by atoms with Crippen molar-refractivity contribution >= 4 is 0 Å². The van der Waals surface area contributed by atoms with Crippen LogP contribution in [-0.4, -0.2) is 0 Å². The molecule has 96 valence electrons. The van der Waals surface area contributed by atoms with Gasteiger partial charge in [-0.1, -0.05) is 30.0 Å². The van der Waals surface area contributed by atoms with Crippen molar-refractivity contribution in [2.24, 2.45) is 0 Å². The maximum absolute atomic E-state index is 12.7. The highest BCUT2D eigenvalue weighted by Crippen LogP contribution is 2.30. The fourth-order valence-corrected chi connectivity index (χ4v) is 1.68. The highest BCUT2D eigenvalue weighted by atomic mass is 19.4. The van der Waals surface area contributed by atoms with Crippen LogP contribution in [0, 0.1) is 18.8 Å². The zero-order valence-electron chi connectivity index (χ0n) is 10.3. The van der Waals surface area contributed by atoms with Crippen molar-refractivity contribution < 1.29 is 13.2 Å². The molecular weight excluding hydrogens is 249 g/mol. The average molecular weight is 260 g/mol. The number of alkyl halides is 3. The molecule has 0 aromatic heterocycles. The Labute approximate surface area is 109 Å². The summed E-state index contributed by atoms with van der Waals surface area (Å²) in [4.78, 5) is 0. The first-order valence-corrected chi connectivity index (χ1v) is 5.71. The maximum Gasteiger partial charge on any atom is 0.416 e. The molecule has 0 aliphatic rings. The lowest BCUT2D eigenvalue weighted by atomic mass is 10.1. The van der Waals surface area contributed by atoms with Crippen LogP contribution in [0.15, 0.2) is 48.5 Å². The number of halogens is 3. The lowest BCUT2D eigenvalue weighted by Crippen LogP contribution is -2.05. The second kappa shape index (κ2) is 5.19. The van der Waals surface area contributed by atoms with Gasteiger partial charge in [-0.3, -0.25) is 0 Å². The van der Waals surface area contributed by atoms with Crippen LogP contribution in [0.2, 0.25) is 0 Å². The Morgan fingerprint density at radius 2 is 1.47 bits per heavy atom. The van der Waals surface area contributed by atoms with E-state index in [-0.39, 0.29) is 0 Å². The third-order valence-electron chi connectivity index (χ3n) is 2.53. The fraction of sp³-hybridized carbons (Fsp3) is 0.125. The van der Waals surface area contributed by atoms with Crippen molar-refractivity contribution in [3.63, 3.8) is 0 Å². The van der Waals surface area contributed by atoms with Gasteiger partial charge >= 0.3 is 6.18 Å². The van der Waals surface area contributed by atoms with Crippen LogP contribution >= 0.6 is 0 Å². The predicted octanol–water partition coefficient (Wildman–Crippen LogP) is 4.41. The summed E-state index contributed by atoms with van der Waals surface area (Å²) < 4.78 is 38.0. The number of aryl methyl sites for hydroxylation is 1. The summed E-state index contributed by atoms with van der Waals surface area (Å²) in [5.74, 6) is 5.61. The first-order valence-electron chi connectivity index (χ1n) is 5.71. The Kier molecular flexibility index (Phi) is 3.62. The lowest BCUT2D eigenvalue weighted by Gasteiger charge is -2.07. The van der Waals surface area contributed by atoms with Gasteiger partial charge in [-0.2, -0.15) is 13.2 Å². The molecule has 2 aromatic rings. The molecule has 0 saturated carbocycles. The normalized spacial score (nSPS) is 10.7. The van der Waals surface area contributed by atoms with Gasteiger partial charge < -0.3 is 0 Å². The largest absolute Gasteiger partial charge is 0.416 e. The Morgan fingerprint density at radius 3 is 2.11 bits per heavy atom. The predicted molar refractivity (Wildman–Crippen MR) is 68.6 cm³/mol. The van der Waals surface area contributed by atoms with Crippen LogP contribution in [0.1, 0.15) is 22.3 Å². The molecule has 0 saturated heterocycles. The SMILES string of the molecule is Cc1cc(C#Cc2ccccc2)cc(C(F)(F)F)c1. The summed E-state index contributed by atoms with van der Waals surface area (Å²) in [7, 11) is 0. The molecular formula is C16H11F3. The third-order valence-corrected chi connectivity index (χ3v) is 2.53. The van der Waals surface area contributed by atoms with Crippen molar-refractivity contribution in [3.8, 4) is 11.8 Å². The molecule has 0 aliphatic carbocycles. The minimum atomic E-state index is -4.34. The van der Waals surface area contributed by atoms with Gasteiger partial charge in [0.05, 0.1) is 5.56 Å². The van der Waals surface area contributed by atoms with E-state index >= 15 is 0 Å². The summed E-state index contributed by atoms with van der Waals surface area (Å²) in [6.45, 7) is 1.63. The van der Waals surface area contributed by atoms with E-state index in [1.54, 1.807) is 13.0 Å². The number of hydrogen-bond acceptors (Lipinski definition) is 0. The van der Waals surface area contributed by atoms with E-state index in [1.165, 1.54) is 0 Å². The van der Waals surface area contributed by atoms with Crippen molar-refractivity contribution in [1.29, 1.82) is 0 Å². The number of rotatable bonds is 0. The molecule has 0 heterocycles. The van der Waals surface area contributed by atoms with Crippen LogP contribution in [0.5, 0.6) is 0 Å². The van der Waals surface area contributed by atoms with Crippen molar-refractivity contribution in [1.82, 2.24) is 0 Å². The summed E-state index contributed by atoms with van der Waals surface area (Å²) in [5.41, 5.74) is 1.03. The van der Waals surface area contributed by atoms with E-state index in [2.05, 4.69) is 11.8 Å². The van der Waals surface area contributed by atoms with Crippen LogP contribution in [0.3, 0.4) is 0 Å². The van der Waals surface area contributed by atoms with E-state index in [0.717, 1.165) is 17.7 Å². The topological polar surface area (TPSA) is 0 Å². The Hall–Kier alpha value is -2.21. The van der Waals surface area contributed by atoms with Gasteiger partial charge in [-0.15, -0.1) is 0 Å². The smallest absolute Gasteiger partial charge is 0.166 e. The Bertz CT molecular complexity index is 629. The molecule has 3 heteroatoms. The van der Waals surface area contributed by atoms with E-state index in [1.807, 2.05) is 30.3 Å². The minimum Gasteiger partial charge on any atom is -0.166 e. The molecule has 0 unspecified atom stereocenters. The molecule has 0 radical (unpaired) electrons. The summed E-state index contributed by atoms with van der Waals surface area (Å²) in [5, 5.41) is 0. The molecule has 0 fully saturated rings. The lowest BCUT2D eigenvalue weighted by molar-refractivity contribution is -0.137. The zero-order chi connectivity index (χ0) is 13.9. The Balaban J connectivity index is 2.37. The molecule has 0 spiro atoms. The van der Waals surface area contributed by atoms with Crippen LogP contribution < -0.4 is 0 Å². The molecule has 2 rings (SSSR count). The molecule has 2 aromatic carbocycles. The van der Waals surface area contributed by atoms with Crippen LogP contribution in [0.25, 0.3) is 0 Å². The molecule has 0 atom stereocenters. The van der Waals surface area contributed by atoms with E-state index in [0.29, 0.717) is 11.1 Å². The van der Waals surface area contributed by atoms with Gasteiger partial charge in [0.2, 0.25) is 0 Å². The van der Waals surface area contributed by atoms with Gasteiger partial charge in [-0.05, 0) is 42.8 Å². The monoisotopic (exact) mass is 260 g/mol. The number of benzene rings is 2. The van der Waals surface area contributed by atoms with Gasteiger partial charge in [0.1, 0.15) is 0 Å². The van der Waals surface area contributed by atoms with Gasteiger partial charge in [0, 0.05) is 11.1 Å². The first-order chi connectivity index (χ1) is 8.95. The average Bonchev–Trinajstić information content (AvgIpc) is 2.36. The van der Waals surface area contributed by atoms with Crippen LogP contribution in [-0.2, 0) is 6.18 Å². The minimum absolute atomic E-state index is 0.371. The molecule has 0 aliphatic heterocycles. The van der Waals surface area contributed by atoms with Crippen molar-refractivity contribution in [2.45, 2.75) is 13.1 Å². The number of hydrogen-bond donors (Lipinski definition) is 0. The standard InChI is InChI=1S/C16H11F3/c1-12-9-14(11-15(10-12)16(17,18)19)8-7-13-5-3-2-4-6-13/h2-6,9-11H,1H3.